The molecular weight excluding hydrogens is 192 g/mol. The minimum absolute atomic E-state index is 0.167. The van der Waals surface area contributed by atoms with Crippen LogP contribution in [0.1, 0.15) is 32.6 Å². The number of amides is 2. The minimum Gasteiger partial charge on any atom is -0.356 e. The molecule has 0 aromatic rings. The van der Waals surface area contributed by atoms with Gasteiger partial charge in [0.2, 0.25) is 0 Å². The smallest absolute Gasteiger partial charge is 0.321 e. The quantitative estimate of drug-likeness (QED) is 0.604. The van der Waals surface area contributed by atoms with Gasteiger partial charge in [0.1, 0.15) is 0 Å². The lowest BCUT2D eigenvalue weighted by Gasteiger charge is -2.15. The summed E-state index contributed by atoms with van der Waals surface area (Å²) in [7, 11) is 0. The number of rotatable bonds is 4. The van der Waals surface area contributed by atoms with Crippen LogP contribution in [0.2, 0.25) is 0 Å². The van der Waals surface area contributed by atoms with Crippen LogP contribution in [0.15, 0.2) is 4.99 Å². The van der Waals surface area contributed by atoms with Crippen molar-refractivity contribution in [3.8, 4) is 0 Å². The van der Waals surface area contributed by atoms with Crippen molar-refractivity contribution in [3.63, 3.8) is 0 Å². The Balaban J connectivity index is 2.09. The van der Waals surface area contributed by atoms with Crippen molar-refractivity contribution >= 4 is 12.0 Å². The van der Waals surface area contributed by atoms with Crippen LogP contribution < -0.4 is 16.0 Å². The van der Waals surface area contributed by atoms with Gasteiger partial charge < -0.3 is 10.6 Å². The Morgan fingerprint density at radius 1 is 1.53 bits per heavy atom. The molecule has 86 valence electrons. The Hall–Kier alpha value is -1.26. The molecule has 5 nitrogen and oxygen atoms in total. The van der Waals surface area contributed by atoms with Crippen LogP contribution in [0.25, 0.3) is 0 Å². The Kier molecular flexibility index (Phi) is 5.58. The van der Waals surface area contributed by atoms with E-state index in [-0.39, 0.29) is 6.03 Å². The van der Waals surface area contributed by atoms with Crippen molar-refractivity contribution in [1.82, 2.24) is 16.0 Å². The van der Waals surface area contributed by atoms with Crippen LogP contribution in [0.5, 0.6) is 0 Å². The van der Waals surface area contributed by atoms with E-state index in [1.165, 1.54) is 0 Å². The highest BCUT2D eigenvalue weighted by molar-refractivity contribution is 5.96. The Labute approximate surface area is 90.7 Å². The average Bonchev–Trinajstić information content (AvgIpc) is 2.26. The zero-order valence-electron chi connectivity index (χ0n) is 9.31. The molecule has 0 radical (unpaired) electrons. The summed E-state index contributed by atoms with van der Waals surface area (Å²) < 4.78 is 0. The predicted octanol–water partition coefficient (Wildman–Crippen LogP) is 0.825. The number of carbonyl (C=O) groups is 1. The molecule has 0 spiro atoms. The molecule has 0 saturated carbocycles. The topological polar surface area (TPSA) is 65.5 Å². The van der Waals surface area contributed by atoms with Gasteiger partial charge >= 0.3 is 6.03 Å². The SMILES string of the molecule is CCCCCNC(=O)NC1=NCCCN1. The van der Waals surface area contributed by atoms with Gasteiger partial charge in [0.25, 0.3) is 0 Å². The molecule has 0 aromatic carbocycles. The lowest BCUT2D eigenvalue weighted by Crippen LogP contribution is -2.47. The van der Waals surface area contributed by atoms with E-state index in [2.05, 4.69) is 27.9 Å². The Morgan fingerprint density at radius 3 is 3.07 bits per heavy atom. The fourth-order valence-electron chi connectivity index (χ4n) is 1.34. The zero-order chi connectivity index (χ0) is 10.9. The second-order valence-corrected chi connectivity index (χ2v) is 3.60. The lowest BCUT2D eigenvalue weighted by atomic mass is 10.2. The maximum absolute atomic E-state index is 11.3. The van der Waals surface area contributed by atoms with Gasteiger partial charge in [0.15, 0.2) is 5.96 Å². The summed E-state index contributed by atoms with van der Waals surface area (Å²) in [5.74, 6) is 0.592. The molecule has 3 N–H and O–H groups in total. The van der Waals surface area contributed by atoms with E-state index in [0.717, 1.165) is 45.3 Å². The molecule has 0 aliphatic carbocycles. The number of hydrogen-bond donors (Lipinski definition) is 3. The zero-order valence-corrected chi connectivity index (χ0v) is 9.31. The van der Waals surface area contributed by atoms with E-state index in [9.17, 15) is 4.79 Å². The standard InChI is InChI=1S/C10H20N4O/c1-2-3-4-6-13-10(15)14-9-11-7-5-8-12-9/h2-8H2,1H3,(H3,11,12,13,14,15). The summed E-state index contributed by atoms with van der Waals surface area (Å²) in [6.07, 6.45) is 4.38. The number of aliphatic imine (C=N–C) groups is 1. The molecule has 2 amide bonds. The highest BCUT2D eigenvalue weighted by Crippen LogP contribution is 1.91. The first-order chi connectivity index (χ1) is 7.33. The molecule has 1 rings (SSSR count). The van der Waals surface area contributed by atoms with Gasteiger partial charge in [-0.3, -0.25) is 10.3 Å². The first-order valence-electron chi connectivity index (χ1n) is 5.66. The summed E-state index contributed by atoms with van der Waals surface area (Å²) in [5.41, 5.74) is 0. The average molecular weight is 212 g/mol. The third kappa shape index (κ3) is 5.24. The second kappa shape index (κ2) is 7.09. The van der Waals surface area contributed by atoms with E-state index in [1.54, 1.807) is 0 Å². The fraction of sp³-hybridized carbons (Fsp3) is 0.800. The number of guanidine groups is 1. The van der Waals surface area contributed by atoms with Gasteiger partial charge in [-0.25, -0.2) is 4.79 Å². The molecule has 15 heavy (non-hydrogen) atoms. The summed E-state index contributed by atoms with van der Waals surface area (Å²) >= 11 is 0. The van der Waals surface area contributed by atoms with Crippen LogP contribution in [-0.2, 0) is 0 Å². The Bertz CT molecular complexity index is 227. The fourth-order valence-corrected chi connectivity index (χ4v) is 1.34. The second-order valence-electron chi connectivity index (χ2n) is 3.60. The molecule has 1 heterocycles. The maximum Gasteiger partial charge on any atom is 0.321 e. The molecule has 1 aliphatic rings. The van der Waals surface area contributed by atoms with Gasteiger partial charge in [-0.05, 0) is 12.8 Å². The summed E-state index contributed by atoms with van der Waals surface area (Å²) in [4.78, 5) is 15.5. The van der Waals surface area contributed by atoms with Gasteiger partial charge in [-0.15, -0.1) is 0 Å². The highest BCUT2D eigenvalue weighted by Gasteiger charge is 2.06. The first-order valence-corrected chi connectivity index (χ1v) is 5.66. The van der Waals surface area contributed by atoms with Crippen molar-refractivity contribution in [2.45, 2.75) is 32.6 Å². The van der Waals surface area contributed by atoms with Crippen molar-refractivity contribution < 1.29 is 4.79 Å². The summed E-state index contributed by atoms with van der Waals surface area (Å²) in [6.45, 7) is 4.54. The highest BCUT2D eigenvalue weighted by atomic mass is 16.2. The predicted molar refractivity (Wildman–Crippen MR) is 61.0 cm³/mol. The number of hydrogen-bond acceptors (Lipinski definition) is 3. The van der Waals surface area contributed by atoms with Crippen LogP contribution >= 0.6 is 0 Å². The number of nitrogens with zero attached hydrogens (tertiary/aromatic N) is 1. The van der Waals surface area contributed by atoms with Crippen LogP contribution in [0.4, 0.5) is 4.79 Å². The minimum atomic E-state index is -0.167. The van der Waals surface area contributed by atoms with Gasteiger partial charge in [0, 0.05) is 19.6 Å². The van der Waals surface area contributed by atoms with Gasteiger partial charge in [0.05, 0.1) is 0 Å². The molecule has 0 aromatic heterocycles. The molecule has 0 fully saturated rings. The molecule has 0 atom stereocenters. The van der Waals surface area contributed by atoms with E-state index in [1.807, 2.05) is 0 Å². The normalized spacial score (nSPS) is 15.1. The van der Waals surface area contributed by atoms with Crippen LogP contribution in [0.3, 0.4) is 0 Å². The first kappa shape index (κ1) is 11.8. The van der Waals surface area contributed by atoms with Gasteiger partial charge in [-0.2, -0.15) is 0 Å². The third-order valence-corrected chi connectivity index (χ3v) is 2.20. The number of unbranched alkanes of at least 4 members (excludes halogenated alkanes) is 2. The van der Waals surface area contributed by atoms with Crippen LogP contribution in [-0.4, -0.2) is 31.6 Å². The molecular formula is C10H20N4O. The largest absolute Gasteiger partial charge is 0.356 e. The monoisotopic (exact) mass is 212 g/mol. The van der Waals surface area contributed by atoms with E-state index < -0.39 is 0 Å². The number of urea groups is 1. The van der Waals surface area contributed by atoms with E-state index in [0.29, 0.717) is 5.96 Å². The van der Waals surface area contributed by atoms with E-state index >= 15 is 0 Å². The molecule has 0 unspecified atom stereocenters. The Morgan fingerprint density at radius 2 is 2.40 bits per heavy atom. The van der Waals surface area contributed by atoms with Crippen molar-refractivity contribution in [2.75, 3.05) is 19.6 Å². The summed E-state index contributed by atoms with van der Waals surface area (Å²) in [6, 6.07) is -0.167. The molecule has 5 heteroatoms. The molecule has 0 saturated heterocycles. The van der Waals surface area contributed by atoms with Gasteiger partial charge in [-0.1, -0.05) is 19.8 Å². The molecule has 0 bridgehead atoms. The lowest BCUT2D eigenvalue weighted by molar-refractivity contribution is 0.244. The third-order valence-electron chi connectivity index (χ3n) is 2.20. The van der Waals surface area contributed by atoms with Crippen molar-refractivity contribution in [2.24, 2.45) is 4.99 Å². The maximum atomic E-state index is 11.3. The van der Waals surface area contributed by atoms with Crippen molar-refractivity contribution in [1.29, 1.82) is 0 Å². The van der Waals surface area contributed by atoms with E-state index in [4.69, 9.17) is 0 Å². The van der Waals surface area contributed by atoms with Crippen molar-refractivity contribution in [3.05, 3.63) is 0 Å². The van der Waals surface area contributed by atoms with Crippen LogP contribution in [0, 0.1) is 0 Å². The number of carbonyl (C=O) groups excluding carboxylic acids is 1. The number of nitrogens with one attached hydrogen (secondary N) is 3. The molecule has 1 aliphatic heterocycles. The summed E-state index contributed by atoms with van der Waals surface area (Å²) in [5, 5.41) is 8.51.